The summed E-state index contributed by atoms with van der Waals surface area (Å²) < 4.78 is 6.75. The van der Waals surface area contributed by atoms with Crippen molar-refractivity contribution in [1.82, 2.24) is 14.9 Å². The molecule has 0 atom stereocenters. The van der Waals surface area contributed by atoms with Gasteiger partial charge >= 0.3 is 0 Å². The van der Waals surface area contributed by atoms with E-state index in [0.717, 1.165) is 17.3 Å². The molecule has 0 saturated carbocycles. The van der Waals surface area contributed by atoms with Crippen molar-refractivity contribution < 1.29 is 9.53 Å². The lowest BCUT2D eigenvalue weighted by Gasteiger charge is -2.10. The van der Waals surface area contributed by atoms with Crippen molar-refractivity contribution in [2.45, 2.75) is 12.1 Å². The minimum absolute atomic E-state index is 0.114. The molecule has 0 radical (unpaired) electrons. The van der Waals surface area contributed by atoms with Crippen LogP contribution in [0.3, 0.4) is 0 Å². The van der Waals surface area contributed by atoms with Gasteiger partial charge in [0.1, 0.15) is 5.75 Å². The van der Waals surface area contributed by atoms with Gasteiger partial charge in [-0.2, -0.15) is 5.10 Å². The Morgan fingerprint density at radius 3 is 2.76 bits per heavy atom. The molecule has 3 aromatic rings. The number of para-hydroxylation sites is 2. The molecule has 0 bridgehead atoms. The number of aromatic nitrogens is 3. The Balaban J connectivity index is 1.53. The first-order valence-electron chi connectivity index (χ1n) is 8.86. The van der Waals surface area contributed by atoms with Gasteiger partial charge in [-0.05, 0) is 24.6 Å². The van der Waals surface area contributed by atoms with Gasteiger partial charge in [0.25, 0.3) is 5.95 Å². The van der Waals surface area contributed by atoms with E-state index in [0.29, 0.717) is 23.2 Å². The van der Waals surface area contributed by atoms with E-state index in [1.807, 2.05) is 49.4 Å². The van der Waals surface area contributed by atoms with E-state index < -0.39 is 0 Å². The van der Waals surface area contributed by atoms with Crippen LogP contribution in [0.5, 0.6) is 5.75 Å². The first kappa shape index (κ1) is 20.2. The summed E-state index contributed by atoms with van der Waals surface area (Å²) in [6, 6.07) is 16.9. The second-order valence-corrected chi connectivity index (χ2v) is 6.67. The van der Waals surface area contributed by atoms with Gasteiger partial charge in [0.2, 0.25) is 11.1 Å². The van der Waals surface area contributed by atoms with Crippen molar-refractivity contribution in [3.8, 4) is 5.75 Å². The molecular weight excluding hydrogens is 390 g/mol. The third-order valence-corrected chi connectivity index (χ3v) is 4.58. The summed E-state index contributed by atoms with van der Waals surface area (Å²) in [5.41, 5.74) is 4.28. The molecule has 3 rings (SSSR count). The zero-order chi connectivity index (χ0) is 20.5. The maximum Gasteiger partial charge on any atom is 0.264 e. The summed E-state index contributed by atoms with van der Waals surface area (Å²) in [5.74, 6) is 6.76. The van der Waals surface area contributed by atoms with Crippen LogP contribution in [0.15, 0.2) is 64.9 Å². The van der Waals surface area contributed by atoms with Crippen LogP contribution in [0.25, 0.3) is 0 Å². The number of thioether (sulfide) groups is 1. The molecule has 10 heteroatoms. The molecule has 0 unspecified atom stereocenters. The van der Waals surface area contributed by atoms with E-state index in [1.165, 1.54) is 4.68 Å². The number of nitrogens with zero attached hydrogens (tertiary/aromatic N) is 4. The number of rotatable bonds is 9. The number of carbonyl (C=O) groups is 1. The van der Waals surface area contributed by atoms with E-state index in [4.69, 9.17) is 10.6 Å². The molecule has 2 aromatic carbocycles. The van der Waals surface area contributed by atoms with Crippen molar-refractivity contribution in [1.29, 1.82) is 0 Å². The average molecular weight is 411 g/mol. The standard InChI is InChI=1S/C19H21N7O2S/c1-2-28-16-11-7-6-10-15(16)22-17(27)13-29-19-25-24-18(26(19)20)23-21-12-14-8-4-3-5-9-14/h3-12H,2,13,20H2,1H3,(H,22,27)(H,23,24)/b21-12+. The number of hydrogen-bond donors (Lipinski definition) is 3. The number of amides is 1. The van der Waals surface area contributed by atoms with Gasteiger partial charge in [-0.25, -0.2) is 10.1 Å². The molecule has 0 fully saturated rings. The van der Waals surface area contributed by atoms with Crippen molar-refractivity contribution in [2.75, 3.05) is 28.9 Å². The molecule has 0 aliphatic heterocycles. The molecule has 0 saturated heterocycles. The average Bonchev–Trinajstić information content (AvgIpc) is 3.08. The highest BCUT2D eigenvalue weighted by Crippen LogP contribution is 2.24. The number of carbonyl (C=O) groups excluding carboxylic acids is 1. The maximum atomic E-state index is 12.3. The minimum atomic E-state index is -0.207. The number of nitrogens with one attached hydrogen (secondary N) is 2. The van der Waals surface area contributed by atoms with Crippen LogP contribution < -0.4 is 21.3 Å². The first-order chi connectivity index (χ1) is 14.2. The zero-order valence-corrected chi connectivity index (χ0v) is 16.6. The summed E-state index contributed by atoms with van der Waals surface area (Å²) in [4.78, 5) is 12.3. The number of nitrogens with two attached hydrogens (primary N) is 1. The molecule has 1 heterocycles. The fourth-order valence-electron chi connectivity index (χ4n) is 2.32. The smallest absolute Gasteiger partial charge is 0.264 e. The molecule has 29 heavy (non-hydrogen) atoms. The Morgan fingerprint density at radius 1 is 1.21 bits per heavy atom. The van der Waals surface area contributed by atoms with Gasteiger partial charge in [0.05, 0.1) is 24.3 Å². The van der Waals surface area contributed by atoms with Gasteiger partial charge < -0.3 is 15.9 Å². The number of hydrogen-bond acceptors (Lipinski definition) is 8. The van der Waals surface area contributed by atoms with Crippen LogP contribution >= 0.6 is 11.8 Å². The van der Waals surface area contributed by atoms with E-state index in [9.17, 15) is 4.79 Å². The molecule has 1 aromatic heterocycles. The van der Waals surface area contributed by atoms with Crippen LogP contribution in [0.2, 0.25) is 0 Å². The SMILES string of the molecule is CCOc1ccccc1NC(=O)CSc1nnc(N/N=C/c2ccccc2)n1N. The molecule has 4 N–H and O–H groups in total. The van der Waals surface area contributed by atoms with Gasteiger partial charge in [0, 0.05) is 0 Å². The molecular formula is C19H21N7O2S. The van der Waals surface area contributed by atoms with E-state index >= 15 is 0 Å². The lowest BCUT2D eigenvalue weighted by atomic mass is 10.2. The topological polar surface area (TPSA) is 119 Å². The van der Waals surface area contributed by atoms with Crippen molar-refractivity contribution in [2.24, 2.45) is 5.10 Å². The number of anilines is 2. The van der Waals surface area contributed by atoms with Crippen molar-refractivity contribution >= 4 is 35.5 Å². The summed E-state index contributed by atoms with van der Waals surface area (Å²) >= 11 is 1.16. The van der Waals surface area contributed by atoms with Gasteiger partial charge in [-0.15, -0.1) is 10.2 Å². The highest BCUT2D eigenvalue weighted by Gasteiger charge is 2.13. The van der Waals surface area contributed by atoms with E-state index in [2.05, 4.69) is 26.0 Å². The van der Waals surface area contributed by atoms with Crippen molar-refractivity contribution in [3.63, 3.8) is 0 Å². The van der Waals surface area contributed by atoms with Crippen LogP contribution in [0, 0.1) is 0 Å². The monoisotopic (exact) mass is 411 g/mol. The summed E-state index contributed by atoms with van der Waals surface area (Å²) in [6.07, 6.45) is 1.64. The Kier molecular flexibility index (Phi) is 7.06. The first-order valence-corrected chi connectivity index (χ1v) is 9.85. The van der Waals surface area contributed by atoms with Crippen LogP contribution in [0.4, 0.5) is 11.6 Å². The lowest BCUT2D eigenvalue weighted by molar-refractivity contribution is -0.113. The second kappa shape index (κ2) is 10.1. The van der Waals surface area contributed by atoms with Gasteiger partial charge in [-0.3, -0.25) is 4.79 Å². The fourth-order valence-corrected chi connectivity index (χ4v) is 2.98. The highest BCUT2D eigenvalue weighted by atomic mass is 32.2. The van der Waals surface area contributed by atoms with E-state index in [1.54, 1.807) is 18.3 Å². The fraction of sp³-hybridized carbons (Fsp3) is 0.158. The predicted molar refractivity (Wildman–Crippen MR) is 115 cm³/mol. The van der Waals surface area contributed by atoms with Gasteiger partial charge in [-0.1, -0.05) is 54.2 Å². The Labute approximate surface area is 172 Å². The molecule has 0 spiro atoms. The molecule has 0 aliphatic carbocycles. The quantitative estimate of drug-likeness (QED) is 0.214. The molecule has 0 aliphatic rings. The zero-order valence-electron chi connectivity index (χ0n) is 15.8. The summed E-state index contributed by atoms with van der Waals surface area (Å²) in [6.45, 7) is 2.40. The van der Waals surface area contributed by atoms with Crippen molar-refractivity contribution in [3.05, 3.63) is 60.2 Å². The predicted octanol–water partition coefficient (Wildman–Crippen LogP) is 2.57. The Bertz CT molecular complexity index is 976. The summed E-state index contributed by atoms with van der Waals surface area (Å²) in [7, 11) is 0. The maximum absolute atomic E-state index is 12.3. The number of benzene rings is 2. The van der Waals surface area contributed by atoms with Gasteiger partial charge in [0.15, 0.2) is 0 Å². The number of nitrogen functional groups attached to an aromatic ring is 1. The lowest BCUT2D eigenvalue weighted by Crippen LogP contribution is -2.17. The summed E-state index contributed by atoms with van der Waals surface area (Å²) in [5, 5.41) is 15.2. The molecule has 1 amide bonds. The third-order valence-electron chi connectivity index (χ3n) is 3.64. The Morgan fingerprint density at radius 2 is 1.97 bits per heavy atom. The third kappa shape index (κ3) is 5.72. The molecule has 9 nitrogen and oxygen atoms in total. The van der Waals surface area contributed by atoms with Crippen LogP contribution in [-0.2, 0) is 4.79 Å². The van der Waals surface area contributed by atoms with Crippen LogP contribution in [0.1, 0.15) is 12.5 Å². The largest absolute Gasteiger partial charge is 0.492 e. The highest BCUT2D eigenvalue weighted by molar-refractivity contribution is 7.99. The minimum Gasteiger partial charge on any atom is -0.492 e. The van der Waals surface area contributed by atoms with E-state index in [-0.39, 0.29) is 17.6 Å². The molecule has 150 valence electrons. The Hall–Kier alpha value is -3.53. The second-order valence-electron chi connectivity index (χ2n) is 5.72. The normalized spacial score (nSPS) is 10.8. The number of ether oxygens (including phenoxy) is 1. The number of hydrazone groups is 1. The van der Waals surface area contributed by atoms with Crippen LogP contribution in [-0.4, -0.2) is 39.4 Å².